The van der Waals surface area contributed by atoms with Crippen molar-refractivity contribution in [1.82, 2.24) is 10.3 Å². The zero-order valence-electron chi connectivity index (χ0n) is 19.7. The summed E-state index contributed by atoms with van der Waals surface area (Å²) >= 11 is 0. The van der Waals surface area contributed by atoms with E-state index in [1.54, 1.807) is 4.90 Å². The number of likely N-dealkylation sites (tertiary alicyclic amines) is 1. The lowest BCUT2D eigenvalue weighted by Crippen LogP contribution is -2.59. The molecule has 1 saturated heterocycles. The summed E-state index contributed by atoms with van der Waals surface area (Å²) in [6.45, 7) is 14.9. The molecule has 3 unspecified atom stereocenters. The minimum atomic E-state index is -0.542. The number of hydrazone groups is 1. The highest BCUT2D eigenvalue weighted by molar-refractivity contribution is 6.09. The number of ether oxygens (including phenoxy) is 2. The number of amidine groups is 1. The number of hydrogen-bond donors (Lipinski definition) is 1. The Hall–Kier alpha value is -3.03. The van der Waals surface area contributed by atoms with Crippen molar-refractivity contribution >= 4 is 29.1 Å². The van der Waals surface area contributed by atoms with E-state index >= 15 is 0 Å². The fourth-order valence-corrected chi connectivity index (χ4v) is 5.39. The van der Waals surface area contributed by atoms with Crippen LogP contribution in [0, 0.1) is 5.41 Å². The van der Waals surface area contributed by atoms with E-state index in [0.717, 1.165) is 28.3 Å². The highest BCUT2D eigenvalue weighted by atomic mass is 16.6. The van der Waals surface area contributed by atoms with Crippen molar-refractivity contribution in [2.45, 2.75) is 66.0 Å². The fraction of sp³-hybridized carbons (Fsp3) is 0.542. The highest BCUT2D eigenvalue weighted by Gasteiger charge is 2.55. The van der Waals surface area contributed by atoms with Gasteiger partial charge in [-0.05, 0) is 69.4 Å². The summed E-state index contributed by atoms with van der Waals surface area (Å²) in [4.78, 5) is 28.8. The minimum Gasteiger partial charge on any atom is -0.483 e. The first-order chi connectivity index (χ1) is 14.9. The summed E-state index contributed by atoms with van der Waals surface area (Å²) in [5.74, 6) is 1.47. The molecule has 0 bridgehead atoms. The van der Waals surface area contributed by atoms with Gasteiger partial charge in [0.1, 0.15) is 24.0 Å². The number of nitrogens with one attached hydrogen (secondary N) is 1. The second kappa shape index (κ2) is 6.49. The summed E-state index contributed by atoms with van der Waals surface area (Å²) < 4.78 is 11.7. The van der Waals surface area contributed by atoms with E-state index in [9.17, 15) is 9.59 Å². The number of allylic oxidation sites excluding steroid dienone is 1. The van der Waals surface area contributed by atoms with Crippen molar-refractivity contribution in [3.05, 3.63) is 29.0 Å². The van der Waals surface area contributed by atoms with Crippen LogP contribution < -0.4 is 15.1 Å². The SMILES string of the molecule is CC1=C2N(C(=O)OC(C)(C)C)CC2(C)C(C)c2cc3c(cc21)OCC1=NNC(=O)C(C)N13. The average Bonchev–Trinajstić information content (AvgIpc) is 2.70. The molecule has 170 valence electrons. The third kappa shape index (κ3) is 2.77. The Morgan fingerprint density at radius 3 is 2.72 bits per heavy atom. The van der Waals surface area contributed by atoms with E-state index in [1.165, 1.54) is 5.56 Å². The van der Waals surface area contributed by atoms with Crippen LogP contribution in [0.1, 0.15) is 65.5 Å². The van der Waals surface area contributed by atoms with Gasteiger partial charge in [-0.25, -0.2) is 10.2 Å². The van der Waals surface area contributed by atoms with Gasteiger partial charge in [-0.3, -0.25) is 9.69 Å². The molecule has 5 rings (SSSR count). The van der Waals surface area contributed by atoms with Crippen LogP contribution in [0.25, 0.3) is 5.57 Å². The Morgan fingerprint density at radius 1 is 1.31 bits per heavy atom. The fourth-order valence-electron chi connectivity index (χ4n) is 5.39. The van der Waals surface area contributed by atoms with Gasteiger partial charge in [-0.2, -0.15) is 5.10 Å². The third-order valence-corrected chi connectivity index (χ3v) is 7.18. The van der Waals surface area contributed by atoms with Gasteiger partial charge in [-0.1, -0.05) is 13.8 Å². The van der Waals surface area contributed by atoms with Crippen LogP contribution in [-0.2, 0) is 9.53 Å². The number of hydrogen-bond acceptors (Lipinski definition) is 6. The second-order valence-corrected chi connectivity index (χ2v) is 10.4. The Labute approximate surface area is 188 Å². The Kier molecular flexibility index (Phi) is 4.23. The molecular weight excluding hydrogens is 408 g/mol. The monoisotopic (exact) mass is 438 g/mol. The van der Waals surface area contributed by atoms with Gasteiger partial charge in [0.2, 0.25) is 0 Å². The molecule has 1 aliphatic carbocycles. The maximum Gasteiger partial charge on any atom is 0.414 e. The molecule has 1 fully saturated rings. The van der Waals surface area contributed by atoms with E-state index in [2.05, 4.69) is 37.4 Å². The van der Waals surface area contributed by atoms with Crippen molar-refractivity contribution in [3.63, 3.8) is 0 Å². The quantitative estimate of drug-likeness (QED) is 0.666. The van der Waals surface area contributed by atoms with E-state index in [0.29, 0.717) is 19.0 Å². The lowest BCUT2D eigenvalue weighted by atomic mass is 9.60. The summed E-state index contributed by atoms with van der Waals surface area (Å²) in [6.07, 6.45) is -0.303. The Bertz CT molecular complexity index is 1120. The van der Waals surface area contributed by atoms with Gasteiger partial charge in [0.05, 0.1) is 5.69 Å². The molecule has 0 aromatic heterocycles. The highest BCUT2D eigenvalue weighted by Crippen LogP contribution is 2.59. The summed E-state index contributed by atoms with van der Waals surface area (Å²) in [5, 5.41) is 4.19. The summed E-state index contributed by atoms with van der Waals surface area (Å²) in [5.41, 5.74) is 7.08. The number of carbonyl (C=O) groups is 2. The van der Waals surface area contributed by atoms with Crippen molar-refractivity contribution < 1.29 is 19.1 Å². The molecule has 0 spiro atoms. The molecule has 0 radical (unpaired) electrons. The van der Waals surface area contributed by atoms with Gasteiger partial charge >= 0.3 is 6.09 Å². The molecular formula is C24H30N4O4. The minimum absolute atomic E-state index is 0.135. The number of nitrogens with zero attached hydrogens (tertiary/aromatic N) is 3. The van der Waals surface area contributed by atoms with Crippen LogP contribution in [0.3, 0.4) is 0 Å². The molecule has 2 amide bonds. The van der Waals surface area contributed by atoms with Crippen molar-refractivity contribution in [2.75, 3.05) is 18.1 Å². The Balaban J connectivity index is 1.60. The van der Waals surface area contributed by atoms with E-state index in [1.807, 2.05) is 38.7 Å². The molecule has 1 aromatic carbocycles. The smallest absolute Gasteiger partial charge is 0.414 e. The van der Waals surface area contributed by atoms with Gasteiger partial charge < -0.3 is 14.4 Å². The van der Waals surface area contributed by atoms with Crippen LogP contribution in [0.15, 0.2) is 22.9 Å². The number of rotatable bonds is 0. The normalized spacial score (nSPS) is 28.3. The average molecular weight is 439 g/mol. The molecule has 8 heteroatoms. The van der Waals surface area contributed by atoms with Crippen LogP contribution in [0.5, 0.6) is 5.75 Å². The molecule has 32 heavy (non-hydrogen) atoms. The molecule has 3 aliphatic heterocycles. The second-order valence-electron chi connectivity index (χ2n) is 10.4. The number of fused-ring (bicyclic) bond motifs is 5. The molecule has 3 atom stereocenters. The van der Waals surface area contributed by atoms with Crippen molar-refractivity contribution in [3.8, 4) is 5.75 Å². The van der Waals surface area contributed by atoms with Crippen LogP contribution in [0.4, 0.5) is 10.5 Å². The van der Waals surface area contributed by atoms with E-state index in [4.69, 9.17) is 9.47 Å². The number of benzene rings is 1. The zero-order valence-corrected chi connectivity index (χ0v) is 19.7. The zero-order chi connectivity index (χ0) is 23.2. The van der Waals surface area contributed by atoms with Crippen molar-refractivity contribution in [1.29, 1.82) is 0 Å². The lowest BCUT2D eigenvalue weighted by Gasteiger charge is -2.57. The molecule has 0 saturated carbocycles. The maximum absolute atomic E-state index is 12.8. The number of carbonyl (C=O) groups excluding carboxylic acids is 2. The molecule has 1 N–H and O–H groups in total. The van der Waals surface area contributed by atoms with Crippen LogP contribution in [-0.4, -0.2) is 47.5 Å². The molecule has 3 heterocycles. The predicted octanol–water partition coefficient (Wildman–Crippen LogP) is 3.82. The maximum atomic E-state index is 12.8. The Morgan fingerprint density at radius 2 is 2.03 bits per heavy atom. The molecule has 4 aliphatic rings. The first kappa shape index (κ1) is 20.8. The largest absolute Gasteiger partial charge is 0.483 e. The van der Waals surface area contributed by atoms with Gasteiger partial charge in [-0.15, -0.1) is 0 Å². The first-order valence-electron chi connectivity index (χ1n) is 11.1. The summed E-state index contributed by atoms with van der Waals surface area (Å²) in [6, 6.07) is 3.82. The van der Waals surface area contributed by atoms with Gasteiger partial charge in [0, 0.05) is 17.7 Å². The van der Waals surface area contributed by atoms with Gasteiger partial charge in [0.25, 0.3) is 5.91 Å². The lowest BCUT2D eigenvalue weighted by molar-refractivity contribution is -0.122. The standard InChI is InChI=1S/C24H30N4O4/c1-12-15-9-18-17(28-14(3)21(29)26-25-19(28)10-31-18)8-16(15)13(2)24(7)11-27(20(12)24)22(30)32-23(4,5)6/h8-9,13-14H,10-11H2,1-7H3,(H,26,29). The summed E-state index contributed by atoms with van der Waals surface area (Å²) in [7, 11) is 0. The van der Waals surface area contributed by atoms with Crippen LogP contribution in [0.2, 0.25) is 0 Å². The number of anilines is 1. The predicted molar refractivity (Wildman–Crippen MR) is 122 cm³/mol. The van der Waals surface area contributed by atoms with Crippen molar-refractivity contribution in [2.24, 2.45) is 10.5 Å². The van der Waals surface area contributed by atoms with Gasteiger partial charge in [0.15, 0.2) is 5.84 Å². The number of amides is 2. The van der Waals surface area contributed by atoms with Crippen LogP contribution >= 0.6 is 0 Å². The molecule has 1 aromatic rings. The third-order valence-electron chi connectivity index (χ3n) is 7.18. The van der Waals surface area contributed by atoms with E-state index in [-0.39, 0.29) is 29.4 Å². The first-order valence-corrected chi connectivity index (χ1v) is 11.1. The topological polar surface area (TPSA) is 83.5 Å². The van der Waals surface area contributed by atoms with E-state index < -0.39 is 5.60 Å². The molecule has 8 nitrogen and oxygen atoms in total.